The lowest BCUT2D eigenvalue weighted by Gasteiger charge is -2.12. The first-order valence-electron chi connectivity index (χ1n) is 9.98. The summed E-state index contributed by atoms with van der Waals surface area (Å²) in [7, 11) is 1.79. The number of aromatic nitrogens is 4. The maximum absolute atomic E-state index is 13.1. The van der Waals surface area contributed by atoms with Crippen LogP contribution in [0.1, 0.15) is 31.0 Å². The van der Waals surface area contributed by atoms with Crippen LogP contribution >= 0.6 is 0 Å². The van der Waals surface area contributed by atoms with E-state index >= 15 is 0 Å². The van der Waals surface area contributed by atoms with Crippen molar-refractivity contribution in [1.82, 2.24) is 19.7 Å². The molecule has 0 radical (unpaired) electrons. The molecule has 0 unspecified atom stereocenters. The van der Waals surface area contributed by atoms with E-state index in [1.54, 1.807) is 17.8 Å². The average molecular weight is 403 g/mol. The van der Waals surface area contributed by atoms with Gasteiger partial charge < -0.3 is 14.3 Å². The molecular weight excluding hydrogens is 378 g/mol. The van der Waals surface area contributed by atoms with Gasteiger partial charge in [-0.2, -0.15) is 0 Å². The fourth-order valence-electron chi connectivity index (χ4n) is 3.51. The molecule has 0 fully saturated rings. The Labute approximate surface area is 174 Å². The highest BCUT2D eigenvalue weighted by atomic mass is 16.4. The average Bonchev–Trinajstić information content (AvgIpc) is 3.13. The van der Waals surface area contributed by atoms with Gasteiger partial charge in [-0.3, -0.25) is 9.78 Å². The Kier molecular flexibility index (Phi) is 5.11. The van der Waals surface area contributed by atoms with E-state index in [1.807, 2.05) is 44.2 Å². The molecule has 3 aromatic heterocycles. The van der Waals surface area contributed by atoms with Crippen LogP contribution in [0.15, 0.2) is 45.7 Å². The number of pyridine rings is 2. The van der Waals surface area contributed by atoms with Crippen molar-refractivity contribution in [1.29, 1.82) is 0 Å². The van der Waals surface area contributed by atoms with Crippen LogP contribution in [0.2, 0.25) is 0 Å². The molecule has 7 nitrogen and oxygen atoms in total. The molecule has 7 heteroatoms. The number of fused-ring (bicyclic) bond motifs is 1. The highest BCUT2D eigenvalue weighted by Gasteiger charge is 2.14. The third kappa shape index (κ3) is 3.83. The molecule has 4 rings (SSSR count). The Hall–Kier alpha value is -3.48. The number of hydrogen-bond donors (Lipinski definition) is 1. The van der Waals surface area contributed by atoms with Crippen LogP contribution in [0.25, 0.3) is 22.0 Å². The summed E-state index contributed by atoms with van der Waals surface area (Å²) >= 11 is 0. The molecule has 3 heterocycles. The normalized spacial score (nSPS) is 11.4. The minimum atomic E-state index is -0.0506. The first kappa shape index (κ1) is 19.8. The summed E-state index contributed by atoms with van der Waals surface area (Å²) in [6, 6.07) is 10.0. The Morgan fingerprint density at radius 3 is 2.67 bits per heavy atom. The Balaban J connectivity index is 1.74. The molecule has 154 valence electrons. The smallest absolute Gasteiger partial charge is 0.320 e. The predicted molar refractivity (Wildman–Crippen MR) is 118 cm³/mol. The van der Waals surface area contributed by atoms with E-state index in [9.17, 15) is 4.79 Å². The number of nitrogens with one attached hydrogen (secondary N) is 1. The summed E-state index contributed by atoms with van der Waals surface area (Å²) < 4.78 is 7.35. The van der Waals surface area contributed by atoms with Crippen LogP contribution in [-0.2, 0) is 13.5 Å². The highest BCUT2D eigenvalue weighted by Crippen LogP contribution is 2.28. The molecule has 30 heavy (non-hydrogen) atoms. The van der Waals surface area contributed by atoms with Crippen molar-refractivity contribution in [3.63, 3.8) is 0 Å². The van der Waals surface area contributed by atoms with E-state index < -0.39 is 0 Å². The van der Waals surface area contributed by atoms with Crippen LogP contribution < -0.4 is 10.9 Å². The van der Waals surface area contributed by atoms with E-state index in [1.165, 1.54) is 0 Å². The van der Waals surface area contributed by atoms with Gasteiger partial charge >= 0.3 is 6.01 Å². The number of rotatable bonds is 5. The van der Waals surface area contributed by atoms with Gasteiger partial charge in [0.2, 0.25) is 5.89 Å². The molecule has 1 N–H and O–H groups in total. The Morgan fingerprint density at radius 1 is 1.10 bits per heavy atom. The number of hydrogen-bond acceptors (Lipinski definition) is 6. The summed E-state index contributed by atoms with van der Waals surface area (Å²) in [5, 5.41) is 12.2. The Bertz CT molecular complexity index is 1290. The molecule has 0 aliphatic carbocycles. The standard InChI is InChI=1S/C23H25N5O2/c1-13(2)8-21-26-27-23(30-21)25-17-7-6-14(3)18(11-17)19-10-16-12-24-15(4)9-20(16)28(5)22(19)29/h6-7,9-13H,8H2,1-5H3,(H,25,27). The maximum Gasteiger partial charge on any atom is 0.320 e. The SMILES string of the molecule is Cc1cc2c(cn1)cc(-c1cc(Nc3nnc(CC(C)C)o3)ccc1C)c(=O)n2C. The van der Waals surface area contributed by atoms with Gasteiger partial charge in [-0.1, -0.05) is 25.0 Å². The molecule has 0 saturated heterocycles. The molecule has 4 aromatic rings. The Morgan fingerprint density at radius 2 is 1.90 bits per heavy atom. The van der Waals surface area contributed by atoms with Gasteiger partial charge in [0, 0.05) is 42.0 Å². The summed E-state index contributed by atoms with van der Waals surface area (Å²) in [6.07, 6.45) is 2.54. The lowest BCUT2D eigenvalue weighted by molar-refractivity contribution is 0.468. The largest absolute Gasteiger partial charge is 0.408 e. The van der Waals surface area contributed by atoms with Gasteiger partial charge in [0.1, 0.15) is 0 Å². The van der Waals surface area contributed by atoms with Gasteiger partial charge in [0.25, 0.3) is 5.56 Å². The molecule has 0 aliphatic heterocycles. The molecule has 0 atom stereocenters. The quantitative estimate of drug-likeness (QED) is 0.526. The highest BCUT2D eigenvalue weighted by molar-refractivity contribution is 5.85. The molecule has 0 aliphatic rings. The van der Waals surface area contributed by atoms with Crippen LogP contribution in [0.4, 0.5) is 11.7 Å². The minimum absolute atomic E-state index is 0.0506. The zero-order valence-corrected chi connectivity index (χ0v) is 17.9. The monoisotopic (exact) mass is 403 g/mol. The minimum Gasteiger partial charge on any atom is -0.408 e. The van der Waals surface area contributed by atoms with Crippen LogP contribution in [-0.4, -0.2) is 19.7 Å². The van der Waals surface area contributed by atoms with Gasteiger partial charge in [-0.25, -0.2) is 0 Å². The van der Waals surface area contributed by atoms with Crippen molar-refractivity contribution < 1.29 is 4.42 Å². The first-order valence-corrected chi connectivity index (χ1v) is 9.98. The molecular formula is C23H25N5O2. The fraction of sp³-hybridized carbons (Fsp3) is 0.304. The van der Waals surface area contributed by atoms with Crippen LogP contribution in [0.3, 0.4) is 0 Å². The number of anilines is 2. The maximum atomic E-state index is 13.1. The zero-order valence-electron chi connectivity index (χ0n) is 17.9. The lowest BCUT2D eigenvalue weighted by atomic mass is 9.99. The summed E-state index contributed by atoms with van der Waals surface area (Å²) in [5.74, 6) is 1.04. The third-order valence-corrected chi connectivity index (χ3v) is 5.07. The number of nitrogens with zero attached hydrogens (tertiary/aromatic N) is 4. The summed E-state index contributed by atoms with van der Waals surface area (Å²) in [6.45, 7) is 8.11. The number of benzene rings is 1. The molecule has 0 saturated carbocycles. The van der Waals surface area contributed by atoms with E-state index in [2.05, 4.69) is 34.3 Å². The van der Waals surface area contributed by atoms with Crippen LogP contribution in [0, 0.1) is 19.8 Å². The van der Waals surface area contributed by atoms with Crippen LogP contribution in [0.5, 0.6) is 0 Å². The first-order chi connectivity index (χ1) is 14.3. The van der Waals surface area contributed by atoms with Crippen molar-refractivity contribution in [3.8, 4) is 11.1 Å². The second-order valence-electron chi connectivity index (χ2n) is 8.06. The summed E-state index contributed by atoms with van der Waals surface area (Å²) in [5.41, 5.74) is 4.96. The van der Waals surface area contributed by atoms with E-state index in [-0.39, 0.29) is 5.56 Å². The molecule has 0 spiro atoms. The van der Waals surface area contributed by atoms with Crippen molar-refractivity contribution >= 4 is 22.6 Å². The van der Waals surface area contributed by atoms with E-state index in [0.29, 0.717) is 23.4 Å². The topological polar surface area (TPSA) is 85.8 Å². The van der Waals surface area contributed by atoms with Crippen molar-refractivity contribution in [3.05, 3.63) is 64.0 Å². The van der Waals surface area contributed by atoms with Gasteiger partial charge in [0.15, 0.2) is 0 Å². The predicted octanol–water partition coefficient (Wildman–Crippen LogP) is 4.54. The van der Waals surface area contributed by atoms with Crippen molar-refractivity contribution in [2.45, 2.75) is 34.1 Å². The van der Waals surface area contributed by atoms with Gasteiger partial charge in [-0.15, -0.1) is 5.10 Å². The zero-order chi connectivity index (χ0) is 21.4. The van der Waals surface area contributed by atoms with Gasteiger partial charge in [-0.05, 0) is 55.2 Å². The second kappa shape index (κ2) is 7.74. The fourth-order valence-corrected chi connectivity index (χ4v) is 3.51. The molecule has 0 amide bonds. The lowest BCUT2D eigenvalue weighted by Crippen LogP contribution is -2.19. The van der Waals surface area contributed by atoms with Gasteiger partial charge in [0.05, 0.1) is 5.52 Å². The van der Waals surface area contributed by atoms with E-state index in [4.69, 9.17) is 4.42 Å². The second-order valence-corrected chi connectivity index (χ2v) is 8.06. The van der Waals surface area contributed by atoms with Crippen molar-refractivity contribution in [2.75, 3.05) is 5.32 Å². The molecule has 0 bridgehead atoms. The molecule has 1 aromatic carbocycles. The van der Waals surface area contributed by atoms with E-state index in [0.717, 1.165) is 39.8 Å². The summed E-state index contributed by atoms with van der Waals surface area (Å²) in [4.78, 5) is 17.5. The number of aryl methyl sites for hydroxylation is 3. The third-order valence-electron chi connectivity index (χ3n) is 5.07. The van der Waals surface area contributed by atoms with Crippen molar-refractivity contribution in [2.24, 2.45) is 13.0 Å².